The van der Waals surface area contributed by atoms with Crippen LogP contribution in [-0.4, -0.2) is 57.5 Å². The molecule has 1 saturated heterocycles. The molecule has 1 aliphatic rings. The molecule has 124 valence electrons. The summed E-state index contributed by atoms with van der Waals surface area (Å²) in [5.41, 5.74) is 1.18. The SMILES string of the molecule is CO[C@@H]1CN(C(=O)c2nc(C(C)C)oc2C)C[C@H]1c1cn[nH]n1. The summed E-state index contributed by atoms with van der Waals surface area (Å²) in [6.07, 6.45) is 1.56. The number of carbonyl (C=O) groups is 1. The molecule has 1 aliphatic heterocycles. The van der Waals surface area contributed by atoms with Crippen LogP contribution in [0.3, 0.4) is 0 Å². The second kappa shape index (κ2) is 6.11. The zero-order valence-corrected chi connectivity index (χ0v) is 13.7. The summed E-state index contributed by atoms with van der Waals surface area (Å²) in [5.74, 6) is 1.15. The number of nitrogens with one attached hydrogen (secondary N) is 1. The van der Waals surface area contributed by atoms with Gasteiger partial charge in [0.05, 0.1) is 23.9 Å². The molecule has 3 rings (SSSR count). The van der Waals surface area contributed by atoms with Crippen molar-refractivity contribution in [2.75, 3.05) is 20.2 Å². The molecule has 0 aliphatic carbocycles. The average Bonchev–Trinajstić information content (AvgIpc) is 3.24. The Morgan fingerprint density at radius 3 is 2.83 bits per heavy atom. The van der Waals surface area contributed by atoms with E-state index in [0.717, 1.165) is 5.69 Å². The number of ether oxygens (including phenoxy) is 1. The van der Waals surface area contributed by atoms with E-state index in [-0.39, 0.29) is 23.8 Å². The molecule has 1 N–H and O–H groups in total. The van der Waals surface area contributed by atoms with Crippen LogP contribution in [0.5, 0.6) is 0 Å². The number of rotatable bonds is 4. The van der Waals surface area contributed by atoms with Gasteiger partial charge in [0, 0.05) is 26.1 Å². The van der Waals surface area contributed by atoms with Crippen molar-refractivity contribution < 1.29 is 13.9 Å². The lowest BCUT2D eigenvalue weighted by Crippen LogP contribution is -2.30. The molecule has 1 fully saturated rings. The van der Waals surface area contributed by atoms with Crippen LogP contribution >= 0.6 is 0 Å². The van der Waals surface area contributed by atoms with E-state index in [1.54, 1.807) is 25.1 Å². The van der Waals surface area contributed by atoms with Gasteiger partial charge in [0.2, 0.25) is 0 Å². The summed E-state index contributed by atoms with van der Waals surface area (Å²) < 4.78 is 11.1. The van der Waals surface area contributed by atoms with Gasteiger partial charge in [-0.2, -0.15) is 15.4 Å². The van der Waals surface area contributed by atoms with Crippen LogP contribution in [0.15, 0.2) is 10.6 Å². The van der Waals surface area contributed by atoms with Crippen LogP contribution in [-0.2, 0) is 4.74 Å². The van der Waals surface area contributed by atoms with E-state index in [1.165, 1.54) is 0 Å². The maximum Gasteiger partial charge on any atom is 0.276 e. The molecule has 8 heteroatoms. The van der Waals surface area contributed by atoms with Gasteiger partial charge >= 0.3 is 0 Å². The molecule has 0 unspecified atom stereocenters. The van der Waals surface area contributed by atoms with Gasteiger partial charge in [0.15, 0.2) is 11.6 Å². The number of oxazole rings is 1. The first-order chi connectivity index (χ1) is 11.0. The fraction of sp³-hybridized carbons (Fsp3) is 0.600. The first-order valence-corrected chi connectivity index (χ1v) is 7.66. The Morgan fingerprint density at radius 2 is 2.26 bits per heavy atom. The monoisotopic (exact) mass is 319 g/mol. The summed E-state index contributed by atoms with van der Waals surface area (Å²) in [6, 6.07) is 0. The minimum Gasteiger partial charge on any atom is -0.445 e. The minimum absolute atomic E-state index is 0.000485. The summed E-state index contributed by atoms with van der Waals surface area (Å²) >= 11 is 0. The van der Waals surface area contributed by atoms with Gasteiger partial charge in [-0.3, -0.25) is 4.79 Å². The molecule has 2 aromatic rings. The van der Waals surface area contributed by atoms with Gasteiger partial charge in [0.1, 0.15) is 5.76 Å². The van der Waals surface area contributed by atoms with E-state index in [0.29, 0.717) is 30.4 Å². The number of nitrogens with zero attached hydrogens (tertiary/aromatic N) is 4. The van der Waals surface area contributed by atoms with Crippen LogP contribution in [0.2, 0.25) is 0 Å². The number of aryl methyl sites for hydroxylation is 1. The lowest BCUT2D eigenvalue weighted by molar-refractivity contribution is 0.0708. The topological polar surface area (TPSA) is 97.1 Å². The fourth-order valence-corrected chi connectivity index (χ4v) is 2.86. The Kier molecular flexibility index (Phi) is 4.16. The van der Waals surface area contributed by atoms with Crippen LogP contribution in [0, 0.1) is 6.92 Å². The van der Waals surface area contributed by atoms with Crippen molar-refractivity contribution in [3.05, 3.63) is 29.2 Å². The zero-order valence-electron chi connectivity index (χ0n) is 13.7. The van der Waals surface area contributed by atoms with Crippen molar-refractivity contribution in [3.8, 4) is 0 Å². The van der Waals surface area contributed by atoms with Crippen LogP contribution in [0.1, 0.15) is 53.5 Å². The Morgan fingerprint density at radius 1 is 1.48 bits per heavy atom. The van der Waals surface area contributed by atoms with E-state index in [9.17, 15) is 4.79 Å². The third kappa shape index (κ3) is 2.86. The van der Waals surface area contributed by atoms with Crippen molar-refractivity contribution in [2.24, 2.45) is 0 Å². The van der Waals surface area contributed by atoms with E-state index >= 15 is 0 Å². The molecular weight excluding hydrogens is 298 g/mol. The number of amides is 1. The number of likely N-dealkylation sites (tertiary alicyclic amines) is 1. The number of methoxy groups -OCH3 is 1. The summed E-state index contributed by atoms with van der Waals surface area (Å²) in [7, 11) is 1.64. The van der Waals surface area contributed by atoms with Crippen LogP contribution in [0.25, 0.3) is 0 Å². The predicted molar refractivity (Wildman–Crippen MR) is 81.2 cm³/mol. The Bertz CT molecular complexity index is 679. The molecule has 0 radical (unpaired) electrons. The van der Waals surface area contributed by atoms with Crippen LogP contribution < -0.4 is 0 Å². The smallest absolute Gasteiger partial charge is 0.276 e. The van der Waals surface area contributed by atoms with Gasteiger partial charge in [-0.25, -0.2) is 4.98 Å². The number of H-pyrrole nitrogens is 1. The number of aromatic amines is 1. The summed E-state index contributed by atoms with van der Waals surface area (Å²) in [5, 5.41) is 10.6. The average molecular weight is 319 g/mol. The van der Waals surface area contributed by atoms with Crippen LogP contribution in [0.4, 0.5) is 0 Å². The lowest BCUT2D eigenvalue weighted by atomic mass is 10.0. The molecule has 0 saturated carbocycles. The molecule has 0 bridgehead atoms. The van der Waals surface area contributed by atoms with Crippen molar-refractivity contribution in [3.63, 3.8) is 0 Å². The Hall–Kier alpha value is -2.22. The highest BCUT2D eigenvalue weighted by Crippen LogP contribution is 2.29. The number of hydrogen-bond acceptors (Lipinski definition) is 6. The fourth-order valence-electron chi connectivity index (χ4n) is 2.86. The van der Waals surface area contributed by atoms with Gasteiger partial charge in [-0.1, -0.05) is 13.8 Å². The molecule has 1 amide bonds. The molecular formula is C15H21N5O3. The first kappa shape index (κ1) is 15.7. The predicted octanol–water partition coefficient (Wildman–Crippen LogP) is 1.48. The Labute approximate surface area is 134 Å². The summed E-state index contributed by atoms with van der Waals surface area (Å²) in [6.45, 7) is 6.75. The number of aromatic nitrogens is 4. The molecule has 23 heavy (non-hydrogen) atoms. The zero-order chi connectivity index (χ0) is 16.6. The normalized spacial score (nSPS) is 21.3. The first-order valence-electron chi connectivity index (χ1n) is 7.66. The van der Waals surface area contributed by atoms with Gasteiger partial charge in [0.25, 0.3) is 5.91 Å². The Balaban J connectivity index is 1.81. The lowest BCUT2D eigenvalue weighted by Gasteiger charge is -2.14. The second-order valence-electron chi connectivity index (χ2n) is 6.10. The third-order valence-corrected chi connectivity index (χ3v) is 4.18. The quantitative estimate of drug-likeness (QED) is 0.916. The highest BCUT2D eigenvalue weighted by atomic mass is 16.5. The van der Waals surface area contributed by atoms with E-state index in [2.05, 4.69) is 20.4 Å². The van der Waals surface area contributed by atoms with Crippen molar-refractivity contribution >= 4 is 5.91 Å². The maximum absolute atomic E-state index is 12.8. The molecule has 2 aromatic heterocycles. The van der Waals surface area contributed by atoms with E-state index in [1.807, 2.05) is 13.8 Å². The van der Waals surface area contributed by atoms with Gasteiger partial charge in [-0.15, -0.1) is 0 Å². The standard InChI is InChI=1S/C15H21N5O3/c1-8(2)14-17-13(9(3)23-14)15(21)20-6-10(12(7-20)22-4)11-5-16-19-18-11/h5,8,10,12H,6-7H2,1-4H3,(H,16,18,19)/t10-,12+/m0/s1. The van der Waals surface area contributed by atoms with Crippen molar-refractivity contribution in [2.45, 2.75) is 38.7 Å². The summed E-state index contributed by atoms with van der Waals surface area (Å²) in [4.78, 5) is 18.9. The van der Waals surface area contributed by atoms with Crippen molar-refractivity contribution in [1.29, 1.82) is 0 Å². The van der Waals surface area contributed by atoms with Gasteiger partial charge < -0.3 is 14.1 Å². The van der Waals surface area contributed by atoms with E-state index < -0.39 is 0 Å². The van der Waals surface area contributed by atoms with Gasteiger partial charge in [-0.05, 0) is 6.92 Å². The number of carbonyl (C=O) groups excluding carboxylic acids is 1. The molecule has 0 spiro atoms. The van der Waals surface area contributed by atoms with E-state index in [4.69, 9.17) is 9.15 Å². The highest BCUT2D eigenvalue weighted by Gasteiger charge is 2.39. The second-order valence-corrected chi connectivity index (χ2v) is 6.10. The largest absolute Gasteiger partial charge is 0.445 e. The molecule has 3 heterocycles. The minimum atomic E-state index is -0.133. The molecule has 2 atom stereocenters. The molecule has 8 nitrogen and oxygen atoms in total. The number of hydrogen-bond donors (Lipinski definition) is 1. The van der Waals surface area contributed by atoms with Crippen molar-refractivity contribution in [1.82, 2.24) is 25.3 Å². The maximum atomic E-state index is 12.8. The highest BCUT2D eigenvalue weighted by molar-refractivity contribution is 5.93. The third-order valence-electron chi connectivity index (χ3n) is 4.18. The molecule has 0 aromatic carbocycles.